The lowest BCUT2D eigenvalue weighted by atomic mass is 10.0. The first-order valence-electron chi connectivity index (χ1n) is 7.63. The number of amides is 1. The Labute approximate surface area is 130 Å². The molecule has 0 fully saturated rings. The van der Waals surface area contributed by atoms with E-state index in [1.165, 1.54) is 0 Å². The van der Waals surface area contributed by atoms with Crippen molar-refractivity contribution in [3.63, 3.8) is 0 Å². The van der Waals surface area contributed by atoms with Gasteiger partial charge in [-0.05, 0) is 29.2 Å². The van der Waals surface area contributed by atoms with Gasteiger partial charge in [0.15, 0.2) is 15.7 Å². The van der Waals surface area contributed by atoms with Crippen LogP contribution in [-0.2, 0) is 21.2 Å². The SMILES string of the molecule is CC(C)CS(=O)(=O)CCNC(=O)C1CCCCn2nnnc21. The van der Waals surface area contributed by atoms with Gasteiger partial charge in [0, 0.05) is 13.1 Å². The average Bonchev–Trinajstić information content (AvgIpc) is 2.76. The molecule has 8 nitrogen and oxygen atoms in total. The number of carbonyl (C=O) groups is 1. The van der Waals surface area contributed by atoms with Crippen LogP contribution in [0, 0.1) is 5.92 Å². The number of aromatic nitrogens is 4. The summed E-state index contributed by atoms with van der Waals surface area (Å²) < 4.78 is 25.3. The first-order valence-corrected chi connectivity index (χ1v) is 9.45. The molecule has 1 aromatic rings. The third kappa shape index (κ3) is 4.49. The van der Waals surface area contributed by atoms with E-state index in [0.717, 1.165) is 19.4 Å². The lowest BCUT2D eigenvalue weighted by Gasteiger charge is -2.13. The van der Waals surface area contributed by atoms with Crippen molar-refractivity contribution in [2.45, 2.75) is 45.6 Å². The van der Waals surface area contributed by atoms with Crippen molar-refractivity contribution in [1.29, 1.82) is 0 Å². The van der Waals surface area contributed by atoms with E-state index in [2.05, 4.69) is 20.8 Å². The fourth-order valence-corrected chi connectivity index (χ4v) is 4.25. The Morgan fingerprint density at radius 3 is 2.91 bits per heavy atom. The molecule has 9 heteroatoms. The molecule has 1 aromatic heterocycles. The smallest absolute Gasteiger partial charge is 0.230 e. The molecule has 0 spiro atoms. The van der Waals surface area contributed by atoms with Crippen molar-refractivity contribution in [3.8, 4) is 0 Å². The molecule has 1 aliphatic heterocycles. The van der Waals surface area contributed by atoms with Crippen LogP contribution in [-0.4, -0.2) is 52.6 Å². The normalized spacial score (nSPS) is 18.8. The number of hydrogen-bond acceptors (Lipinski definition) is 6. The van der Waals surface area contributed by atoms with Gasteiger partial charge in [-0.15, -0.1) is 5.10 Å². The number of tetrazole rings is 1. The second-order valence-corrected chi connectivity index (χ2v) is 8.34. The average molecular weight is 329 g/mol. The Kier molecular flexibility index (Phi) is 5.49. The zero-order chi connectivity index (χ0) is 16.2. The van der Waals surface area contributed by atoms with Crippen LogP contribution in [0.25, 0.3) is 0 Å². The van der Waals surface area contributed by atoms with E-state index in [1.54, 1.807) is 4.68 Å². The zero-order valence-electron chi connectivity index (χ0n) is 13.0. The van der Waals surface area contributed by atoms with Crippen LogP contribution < -0.4 is 5.32 Å². The number of fused-ring (bicyclic) bond motifs is 1. The maximum absolute atomic E-state index is 12.3. The van der Waals surface area contributed by atoms with E-state index < -0.39 is 15.8 Å². The van der Waals surface area contributed by atoms with Crippen molar-refractivity contribution in [2.24, 2.45) is 5.92 Å². The number of aryl methyl sites for hydroxylation is 1. The Hall–Kier alpha value is -1.51. The molecule has 1 N–H and O–H groups in total. The molecule has 1 atom stereocenters. The number of sulfone groups is 1. The fraction of sp³-hybridized carbons (Fsp3) is 0.846. The van der Waals surface area contributed by atoms with E-state index >= 15 is 0 Å². The molecule has 0 aliphatic carbocycles. The number of carbonyl (C=O) groups excluding carboxylic acids is 1. The maximum atomic E-state index is 12.3. The highest BCUT2D eigenvalue weighted by Crippen LogP contribution is 2.23. The van der Waals surface area contributed by atoms with Crippen LogP contribution in [0.15, 0.2) is 0 Å². The Morgan fingerprint density at radius 2 is 2.18 bits per heavy atom. The van der Waals surface area contributed by atoms with E-state index in [9.17, 15) is 13.2 Å². The molecule has 1 unspecified atom stereocenters. The molecule has 0 aromatic carbocycles. The molecule has 1 amide bonds. The maximum Gasteiger partial charge on any atom is 0.230 e. The summed E-state index contributed by atoms with van der Waals surface area (Å²) in [6, 6.07) is 0. The topological polar surface area (TPSA) is 107 Å². The summed E-state index contributed by atoms with van der Waals surface area (Å²) in [7, 11) is -3.12. The molecule has 124 valence electrons. The number of nitrogens with one attached hydrogen (secondary N) is 1. The molecule has 2 rings (SSSR count). The van der Waals surface area contributed by atoms with Crippen molar-refractivity contribution < 1.29 is 13.2 Å². The second-order valence-electron chi connectivity index (χ2n) is 6.11. The Bertz CT molecular complexity index is 611. The minimum absolute atomic E-state index is 0.0332. The quantitative estimate of drug-likeness (QED) is 0.795. The van der Waals surface area contributed by atoms with Crippen LogP contribution in [0.5, 0.6) is 0 Å². The van der Waals surface area contributed by atoms with Crippen molar-refractivity contribution in [3.05, 3.63) is 5.82 Å². The van der Waals surface area contributed by atoms with Crippen molar-refractivity contribution in [2.75, 3.05) is 18.1 Å². The van der Waals surface area contributed by atoms with Gasteiger partial charge in [0.1, 0.15) is 0 Å². The highest BCUT2D eigenvalue weighted by molar-refractivity contribution is 7.91. The lowest BCUT2D eigenvalue weighted by Crippen LogP contribution is -2.34. The summed E-state index contributed by atoms with van der Waals surface area (Å²) in [5.41, 5.74) is 0. The van der Waals surface area contributed by atoms with Gasteiger partial charge >= 0.3 is 0 Å². The molecule has 2 heterocycles. The van der Waals surface area contributed by atoms with Gasteiger partial charge in [0.2, 0.25) is 5.91 Å². The monoisotopic (exact) mass is 329 g/mol. The molecule has 22 heavy (non-hydrogen) atoms. The van der Waals surface area contributed by atoms with E-state index in [4.69, 9.17) is 0 Å². The van der Waals surface area contributed by atoms with Crippen LogP contribution in [0.4, 0.5) is 0 Å². The van der Waals surface area contributed by atoms with Gasteiger partial charge < -0.3 is 5.32 Å². The van der Waals surface area contributed by atoms with Crippen molar-refractivity contribution in [1.82, 2.24) is 25.5 Å². The van der Waals surface area contributed by atoms with Gasteiger partial charge in [0.05, 0.1) is 17.4 Å². The summed E-state index contributed by atoms with van der Waals surface area (Å²) >= 11 is 0. The Morgan fingerprint density at radius 1 is 1.41 bits per heavy atom. The molecular formula is C13H23N5O3S. The first kappa shape index (κ1) is 16.9. The standard InChI is InChI=1S/C13H23N5O3S/c1-10(2)9-22(20,21)8-6-14-13(19)11-5-3-4-7-18-12(11)15-16-17-18/h10-11H,3-9H2,1-2H3,(H,14,19). The summed E-state index contributed by atoms with van der Waals surface area (Å²) in [6.45, 7) is 4.57. The van der Waals surface area contributed by atoms with E-state index in [0.29, 0.717) is 12.2 Å². The minimum Gasteiger partial charge on any atom is -0.354 e. The molecular weight excluding hydrogens is 306 g/mol. The molecule has 1 aliphatic rings. The largest absolute Gasteiger partial charge is 0.354 e. The number of nitrogens with zero attached hydrogens (tertiary/aromatic N) is 4. The highest BCUT2D eigenvalue weighted by atomic mass is 32.2. The van der Waals surface area contributed by atoms with E-state index in [-0.39, 0.29) is 29.9 Å². The van der Waals surface area contributed by atoms with Crippen LogP contribution in [0.3, 0.4) is 0 Å². The Balaban J connectivity index is 1.91. The highest BCUT2D eigenvalue weighted by Gasteiger charge is 2.28. The lowest BCUT2D eigenvalue weighted by molar-refractivity contribution is -0.122. The zero-order valence-corrected chi connectivity index (χ0v) is 13.8. The number of hydrogen-bond donors (Lipinski definition) is 1. The molecule has 0 radical (unpaired) electrons. The predicted octanol–water partition coefficient (Wildman–Crippen LogP) is 0.128. The molecule has 0 saturated heterocycles. The van der Waals surface area contributed by atoms with Crippen molar-refractivity contribution >= 4 is 15.7 Å². The molecule has 0 bridgehead atoms. The number of rotatable bonds is 6. The van der Waals surface area contributed by atoms with Gasteiger partial charge in [-0.3, -0.25) is 4.79 Å². The minimum atomic E-state index is -3.12. The fourth-order valence-electron chi connectivity index (χ4n) is 2.65. The third-order valence-electron chi connectivity index (χ3n) is 3.60. The summed E-state index contributed by atoms with van der Waals surface area (Å²) in [6.07, 6.45) is 2.53. The summed E-state index contributed by atoms with van der Waals surface area (Å²) in [5, 5.41) is 14.2. The van der Waals surface area contributed by atoms with Crippen LogP contribution in [0.2, 0.25) is 0 Å². The first-order chi connectivity index (χ1) is 10.4. The van der Waals surface area contributed by atoms with Gasteiger partial charge in [-0.2, -0.15) is 0 Å². The van der Waals surface area contributed by atoms with Gasteiger partial charge in [-0.1, -0.05) is 20.3 Å². The van der Waals surface area contributed by atoms with Crippen LogP contribution >= 0.6 is 0 Å². The second kappa shape index (κ2) is 7.17. The van der Waals surface area contributed by atoms with Crippen LogP contribution in [0.1, 0.15) is 44.9 Å². The summed E-state index contributed by atoms with van der Waals surface area (Å²) in [5.74, 6) is 0.175. The van der Waals surface area contributed by atoms with Gasteiger partial charge in [0.25, 0.3) is 0 Å². The third-order valence-corrected chi connectivity index (χ3v) is 5.60. The predicted molar refractivity (Wildman–Crippen MR) is 80.9 cm³/mol. The van der Waals surface area contributed by atoms with E-state index in [1.807, 2.05) is 13.8 Å². The molecule has 0 saturated carbocycles. The summed E-state index contributed by atoms with van der Waals surface area (Å²) in [4.78, 5) is 12.3. The van der Waals surface area contributed by atoms with Gasteiger partial charge in [-0.25, -0.2) is 13.1 Å².